The maximum Gasteiger partial charge on any atom is 0.413 e. The lowest BCUT2D eigenvalue weighted by atomic mass is 9.68. The number of nitrogens with two attached hydrogens (primary N) is 1. The summed E-state index contributed by atoms with van der Waals surface area (Å²) in [5, 5.41) is 24.2. The molecule has 1 aromatic rings. The van der Waals surface area contributed by atoms with Gasteiger partial charge in [-0.15, -0.1) is 0 Å². The van der Waals surface area contributed by atoms with Crippen molar-refractivity contribution >= 4 is 6.09 Å². The highest BCUT2D eigenvalue weighted by molar-refractivity contribution is 5.72. The number of aliphatic hydroxyl groups excluding tert-OH is 1. The van der Waals surface area contributed by atoms with Crippen LogP contribution in [0.15, 0.2) is 30.3 Å². The molecule has 26 heavy (non-hydrogen) atoms. The van der Waals surface area contributed by atoms with Crippen molar-refractivity contribution in [2.45, 2.75) is 76.0 Å². The fourth-order valence-corrected chi connectivity index (χ4v) is 5.05. The number of β-amino-alcohol motifs (C(OH)–C–C–N with tert-alkyl or cyclic N) is 1. The zero-order valence-electron chi connectivity index (χ0n) is 16.3. The van der Waals surface area contributed by atoms with E-state index >= 15 is 0 Å². The van der Waals surface area contributed by atoms with E-state index in [0.29, 0.717) is 18.4 Å². The first kappa shape index (κ1) is 19.1. The number of quaternary nitrogens is 1. The number of hydrogen-bond acceptors (Lipinski definition) is 4. The smallest absolute Gasteiger partial charge is 0.413 e. The van der Waals surface area contributed by atoms with E-state index in [2.05, 4.69) is 33.0 Å². The molecule has 2 aliphatic rings. The van der Waals surface area contributed by atoms with Crippen LogP contribution in [-0.4, -0.2) is 50.2 Å². The van der Waals surface area contributed by atoms with Gasteiger partial charge in [-0.1, -0.05) is 30.3 Å². The van der Waals surface area contributed by atoms with Crippen LogP contribution in [0.4, 0.5) is 4.79 Å². The van der Waals surface area contributed by atoms with Crippen LogP contribution in [-0.2, 0) is 4.74 Å². The van der Waals surface area contributed by atoms with Gasteiger partial charge in [0, 0.05) is 12.8 Å². The van der Waals surface area contributed by atoms with E-state index in [9.17, 15) is 15.0 Å². The van der Waals surface area contributed by atoms with Crippen LogP contribution in [0.5, 0.6) is 0 Å². The number of benzene rings is 1. The number of ether oxygens (including phenoxy) is 1. The number of rotatable bonds is 3. The third-order valence-corrected chi connectivity index (χ3v) is 5.70. The van der Waals surface area contributed by atoms with Gasteiger partial charge in [0.1, 0.15) is 0 Å². The average molecular weight is 363 g/mol. The highest BCUT2D eigenvalue weighted by atomic mass is 16.6. The summed E-state index contributed by atoms with van der Waals surface area (Å²) in [6, 6.07) is 9.15. The number of hydrogen-bond donors (Lipinski definition) is 3. The second-order valence-corrected chi connectivity index (χ2v) is 9.40. The van der Waals surface area contributed by atoms with Crippen LogP contribution < -0.4 is 5.32 Å². The van der Waals surface area contributed by atoms with Crippen LogP contribution in [0.2, 0.25) is 0 Å². The molecule has 0 aromatic heterocycles. The Morgan fingerprint density at radius 2 is 1.65 bits per heavy atom. The monoisotopic (exact) mass is 363 g/mol. The number of piperidine rings is 1. The van der Waals surface area contributed by atoms with E-state index in [1.807, 2.05) is 18.2 Å². The summed E-state index contributed by atoms with van der Waals surface area (Å²) in [6.07, 6.45) is -0.375. The maximum atomic E-state index is 12.7. The molecule has 0 unspecified atom stereocenters. The van der Waals surface area contributed by atoms with Crippen LogP contribution in [0.1, 0.15) is 59.1 Å². The molecule has 4 N–H and O–H groups in total. The molecule has 0 aliphatic carbocycles. The van der Waals surface area contributed by atoms with E-state index < -0.39 is 23.5 Å². The van der Waals surface area contributed by atoms with Gasteiger partial charge in [-0.05, 0) is 40.2 Å². The molecule has 3 rings (SSSR count). The van der Waals surface area contributed by atoms with E-state index in [0.717, 1.165) is 0 Å². The lowest BCUT2D eigenvalue weighted by Crippen LogP contribution is -3.07. The van der Waals surface area contributed by atoms with Gasteiger partial charge in [0.15, 0.2) is 11.3 Å². The minimum atomic E-state index is -1.50. The van der Waals surface area contributed by atoms with Gasteiger partial charge in [-0.25, -0.2) is 4.79 Å². The number of aliphatic hydroxyl groups is 2. The average Bonchev–Trinajstić information content (AvgIpc) is 2.64. The molecule has 1 amide bonds. The Morgan fingerprint density at radius 3 is 2.19 bits per heavy atom. The fourth-order valence-electron chi connectivity index (χ4n) is 5.05. The van der Waals surface area contributed by atoms with Crippen LogP contribution >= 0.6 is 0 Å². The van der Waals surface area contributed by atoms with Gasteiger partial charge in [0.25, 0.3) is 0 Å². The largest absolute Gasteiger partial charge is 0.437 e. The van der Waals surface area contributed by atoms with Crippen LogP contribution in [0.25, 0.3) is 0 Å². The van der Waals surface area contributed by atoms with Gasteiger partial charge < -0.3 is 20.3 Å². The molecule has 0 saturated carbocycles. The number of carbonyl (C=O) groups excluding carboxylic acids is 1. The van der Waals surface area contributed by atoms with Gasteiger partial charge >= 0.3 is 6.09 Å². The highest BCUT2D eigenvalue weighted by Crippen LogP contribution is 2.48. The number of amides is 1. The van der Waals surface area contributed by atoms with Crippen molar-refractivity contribution in [3.63, 3.8) is 0 Å². The van der Waals surface area contributed by atoms with Crippen molar-refractivity contribution in [1.29, 1.82) is 0 Å². The quantitative estimate of drug-likeness (QED) is 0.760. The Kier molecular flexibility index (Phi) is 4.37. The van der Waals surface area contributed by atoms with Crippen LogP contribution in [0, 0.1) is 0 Å². The van der Waals surface area contributed by atoms with Gasteiger partial charge in [-0.2, -0.15) is 0 Å². The normalized spacial score (nSPS) is 30.3. The second-order valence-electron chi connectivity index (χ2n) is 9.40. The molecule has 2 fully saturated rings. The van der Waals surface area contributed by atoms with Crippen molar-refractivity contribution in [2.24, 2.45) is 0 Å². The lowest BCUT2D eigenvalue weighted by molar-refractivity contribution is -0.793. The Hall–Kier alpha value is -1.63. The SMILES string of the molecule is CC1(C)CC2(CC(C)(C)[NH2+]1)OC(=O)N(C[C@@H](O)c1ccccc1)[C@]2(C)O. The minimum Gasteiger partial charge on any atom is -0.437 e. The van der Waals surface area contributed by atoms with E-state index in [-0.39, 0.29) is 17.6 Å². The van der Waals surface area contributed by atoms with Crippen molar-refractivity contribution in [3.8, 4) is 0 Å². The molecule has 2 atom stereocenters. The van der Waals surface area contributed by atoms with E-state index in [4.69, 9.17) is 4.74 Å². The molecule has 1 aromatic carbocycles. The summed E-state index contributed by atoms with van der Waals surface area (Å²) in [7, 11) is 0. The summed E-state index contributed by atoms with van der Waals surface area (Å²) in [5.74, 6) is 0. The van der Waals surface area contributed by atoms with Crippen molar-refractivity contribution < 1.29 is 25.1 Å². The number of nitrogens with zero attached hydrogens (tertiary/aromatic N) is 1. The van der Waals surface area contributed by atoms with Gasteiger partial charge in [-0.3, -0.25) is 4.90 Å². The topological polar surface area (TPSA) is 86.6 Å². The van der Waals surface area contributed by atoms with E-state index in [1.165, 1.54) is 4.90 Å². The summed E-state index contributed by atoms with van der Waals surface area (Å²) in [5.41, 5.74) is -2.15. The fraction of sp³-hybridized carbons (Fsp3) is 0.650. The molecule has 2 saturated heterocycles. The third-order valence-electron chi connectivity index (χ3n) is 5.70. The summed E-state index contributed by atoms with van der Waals surface area (Å²) in [6.45, 7) is 10.0. The second kappa shape index (κ2) is 5.94. The third kappa shape index (κ3) is 3.21. The predicted octanol–water partition coefficient (Wildman–Crippen LogP) is 1.53. The summed E-state index contributed by atoms with van der Waals surface area (Å²) >= 11 is 0. The first-order chi connectivity index (χ1) is 11.9. The Balaban J connectivity index is 1.89. The molecule has 2 heterocycles. The molecule has 1 spiro atoms. The minimum absolute atomic E-state index is 0.0117. The number of carbonyl (C=O) groups is 1. The molecule has 2 aliphatic heterocycles. The van der Waals surface area contributed by atoms with Crippen molar-refractivity contribution in [3.05, 3.63) is 35.9 Å². The highest BCUT2D eigenvalue weighted by Gasteiger charge is 2.68. The lowest BCUT2D eigenvalue weighted by Gasteiger charge is -2.51. The first-order valence-corrected chi connectivity index (χ1v) is 9.21. The standard InChI is InChI=1S/C20H30N2O4/c1-17(2)12-20(13-18(3,4)21-17)19(5,25)22(16(24)26-20)11-15(23)14-9-7-6-8-10-14/h6-10,15,21,23,25H,11-13H2,1-5H3/p+1/t15-,19-/m1/s1. The Morgan fingerprint density at radius 1 is 1.12 bits per heavy atom. The maximum absolute atomic E-state index is 12.7. The summed E-state index contributed by atoms with van der Waals surface area (Å²) < 4.78 is 5.83. The Bertz CT molecular complexity index is 668. The molecule has 6 heteroatoms. The molecular formula is C20H31N2O4+. The molecule has 144 valence electrons. The van der Waals surface area contributed by atoms with Gasteiger partial charge in [0.05, 0.1) is 23.7 Å². The molecule has 6 nitrogen and oxygen atoms in total. The van der Waals surface area contributed by atoms with Crippen molar-refractivity contribution in [2.75, 3.05) is 6.54 Å². The predicted molar refractivity (Wildman–Crippen MR) is 97.3 cm³/mol. The van der Waals surface area contributed by atoms with Crippen LogP contribution in [0.3, 0.4) is 0 Å². The van der Waals surface area contributed by atoms with E-state index in [1.54, 1.807) is 19.1 Å². The zero-order chi connectivity index (χ0) is 19.4. The molecule has 0 radical (unpaired) electrons. The zero-order valence-corrected chi connectivity index (χ0v) is 16.3. The first-order valence-electron chi connectivity index (χ1n) is 9.21. The molecule has 0 bridgehead atoms. The van der Waals surface area contributed by atoms with Crippen molar-refractivity contribution in [1.82, 2.24) is 4.90 Å². The van der Waals surface area contributed by atoms with Gasteiger partial charge in [0.2, 0.25) is 0 Å². The summed E-state index contributed by atoms with van der Waals surface area (Å²) in [4.78, 5) is 14.0. The molecular weight excluding hydrogens is 332 g/mol. The Labute approximate surface area is 155 Å².